The first-order chi connectivity index (χ1) is 7.90. The molecule has 2 rings (SSSR count). The third-order valence-corrected chi connectivity index (χ3v) is 5.22. The van der Waals surface area contributed by atoms with Crippen LogP contribution in [0.5, 0.6) is 0 Å². The Morgan fingerprint density at radius 2 is 2.25 bits per heavy atom. The molecule has 2 fully saturated rings. The molecular weight excluding hydrogens is 216 g/mol. The summed E-state index contributed by atoms with van der Waals surface area (Å²) < 4.78 is 0. The summed E-state index contributed by atoms with van der Waals surface area (Å²) in [7, 11) is 2.07. The highest BCUT2D eigenvalue weighted by atomic mass is 32.2. The lowest BCUT2D eigenvalue weighted by Gasteiger charge is -2.37. The number of nitrogens with one attached hydrogen (secondary N) is 1. The number of nitrogens with zero attached hydrogens (tertiary/aromatic N) is 1. The number of likely N-dealkylation sites (tertiary alicyclic amines) is 1. The van der Waals surface area contributed by atoms with Crippen molar-refractivity contribution < 1.29 is 0 Å². The molecule has 16 heavy (non-hydrogen) atoms. The fourth-order valence-corrected chi connectivity index (χ4v) is 4.27. The number of thioether (sulfide) groups is 1. The maximum Gasteiger partial charge on any atom is 0.0107 e. The van der Waals surface area contributed by atoms with Crippen LogP contribution in [-0.4, -0.2) is 49.1 Å². The van der Waals surface area contributed by atoms with E-state index in [0.717, 1.165) is 12.0 Å². The number of piperidine rings is 1. The van der Waals surface area contributed by atoms with E-state index in [1.54, 1.807) is 0 Å². The van der Waals surface area contributed by atoms with E-state index in [1.165, 1.54) is 63.2 Å². The van der Waals surface area contributed by atoms with Crippen molar-refractivity contribution in [1.82, 2.24) is 10.2 Å². The maximum absolute atomic E-state index is 3.30. The summed E-state index contributed by atoms with van der Waals surface area (Å²) in [5.74, 6) is 3.80. The quantitative estimate of drug-likeness (QED) is 0.796. The highest BCUT2D eigenvalue weighted by Crippen LogP contribution is 2.27. The van der Waals surface area contributed by atoms with Crippen LogP contribution in [-0.2, 0) is 0 Å². The molecule has 1 N–H and O–H groups in total. The zero-order valence-electron chi connectivity index (χ0n) is 10.6. The lowest BCUT2D eigenvalue weighted by atomic mass is 9.97. The van der Waals surface area contributed by atoms with Crippen LogP contribution in [0.3, 0.4) is 0 Å². The van der Waals surface area contributed by atoms with E-state index in [4.69, 9.17) is 0 Å². The average Bonchev–Trinajstić information content (AvgIpc) is 2.81. The molecule has 0 saturated carbocycles. The van der Waals surface area contributed by atoms with E-state index < -0.39 is 0 Å². The van der Waals surface area contributed by atoms with Crippen LogP contribution in [0, 0.1) is 5.92 Å². The molecule has 2 saturated heterocycles. The molecular formula is C13H26N2S. The molecule has 0 aromatic heterocycles. The van der Waals surface area contributed by atoms with Gasteiger partial charge in [-0.3, -0.25) is 0 Å². The van der Waals surface area contributed by atoms with Gasteiger partial charge in [0.2, 0.25) is 0 Å². The number of hydrogen-bond donors (Lipinski definition) is 1. The highest BCUT2D eigenvalue weighted by molar-refractivity contribution is 7.99. The minimum absolute atomic E-state index is 0.867. The molecule has 2 nitrogen and oxygen atoms in total. The Kier molecular flexibility index (Phi) is 5.46. The summed E-state index contributed by atoms with van der Waals surface area (Å²) in [4.78, 5) is 2.79. The standard InChI is InChI=1S/C13H26N2S/c1-14-7-5-13-4-2-3-8-15(13)10-12-6-9-16-11-12/h12-14H,2-11H2,1H3. The zero-order chi connectivity index (χ0) is 11.2. The second-order valence-corrected chi connectivity index (χ2v) is 6.42. The van der Waals surface area contributed by atoms with E-state index >= 15 is 0 Å². The lowest BCUT2D eigenvalue weighted by Crippen LogP contribution is -2.43. The molecule has 2 heterocycles. The monoisotopic (exact) mass is 242 g/mol. The molecule has 0 radical (unpaired) electrons. The van der Waals surface area contributed by atoms with Gasteiger partial charge in [-0.1, -0.05) is 6.42 Å². The summed E-state index contributed by atoms with van der Waals surface area (Å²) in [5.41, 5.74) is 0. The molecule has 2 unspecified atom stereocenters. The van der Waals surface area contributed by atoms with Crippen LogP contribution in [0.2, 0.25) is 0 Å². The van der Waals surface area contributed by atoms with Gasteiger partial charge in [0.25, 0.3) is 0 Å². The summed E-state index contributed by atoms with van der Waals surface area (Å²) in [6.45, 7) is 3.91. The van der Waals surface area contributed by atoms with Gasteiger partial charge in [-0.15, -0.1) is 0 Å². The van der Waals surface area contributed by atoms with Crippen molar-refractivity contribution in [3.8, 4) is 0 Å². The van der Waals surface area contributed by atoms with Crippen molar-refractivity contribution in [3.63, 3.8) is 0 Å². The number of rotatable bonds is 5. The van der Waals surface area contributed by atoms with Gasteiger partial charge in [0, 0.05) is 12.6 Å². The lowest BCUT2D eigenvalue weighted by molar-refractivity contribution is 0.123. The van der Waals surface area contributed by atoms with Gasteiger partial charge in [-0.05, 0) is 63.2 Å². The molecule has 0 aliphatic carbocycles. The largest absolute Gasteiger partial charge is 0.320 e. The Labute approximate surface area is 105 Å². The van der Waals surface area contributed by atoms with Crippen molar-refractivity contribution in [2.75, 3.05) is 38.2 Å². The Balaban J connectivity index is 1.78. The Morgan fingerprint density at radius 3 is 3.00 bits per heavy atom. The van der Waals surface area contributed by atoms with E-state index in [0.29, 0.717) is 0 Å². The average molecular weight is 242 g/mol. The topological polar surface area (TPSA) is 15.3 Å². The molecule has 3 heteroatoms. The minimum atomic E-state index is 0.867. The molecule has 2 aliphatic rings. The zero-order valence-corrected chi connectivity index (χ0v) is 11.4. The van der Waals surface area contributed by atoms with E-state index in [1.807, 2.05) is 0 Å². The first kappa shape index (κ1) is 12.7. The molecule has 0 spiro atoms. The summed E-state index contributed by atoms with van der Waals surface area (Å²) in [5, 5.41) is 3.30. The second-order valence-electron chi connectivity index (χ2n) is 5.27. The van der Waals surface area contributed by atoms with Gasteiger partial charge < -0.3 is 10.2 Å². The summed E-state index contributed by atoms with van der Waals surface area (Å²) in [6.07, 6.45) is 7.11. The van der Waals surface area contributed by atoms with Gasteiger partial charge >= 0.3 is 0 Å². The van der Waals surface area contributed by atoms with Crippen LogP contribution in [0.25, 0.3) is 0 Å². The highest BCUT2D eigenvalue weighted by Gasteiger charge is 2.25. The van der Waals surface area contributed by atoms with Gasteiger partial charge in [-0.25, -0.2) is 0 Å². The normalized spacial score (nSPS) is 32.1. The first-order valence-corrected chi connectivity index (χ1v) is 8.02. The summed E-state index contributed by atoms with van der Waals surface area (Å²) in [6, 6.07) is 0.867. The van der Waals surface area contributed by atoms with E-state index in [-0.39, 0.29) is 0 Å². The third-order valence-electron chi connectivity index (χ3n) is 3.99. The van der Waals surface area contributed by atoms with Gasteiger partial charge in [0.1, 0.15) is 0 Å². The van der Waals surface area contributed by atoms with Gasteiger partial charge in [-0.2, -0.15) is 11.8 Å². The smallest absolute Gasteiger partial charge is 0.0107 e. The van der Waals surface area contributed by atoms with Gasteiger partial charge in [0.15, 0.2) is 0 Å². The third kappa shape index (κ3) is 3.64. The van der Waals surface area contributed by atoms with Crippen molar-refractivity contribution in [1.29, 1.82) is 0 Å². The van der Waals surface area contributed by atoms with E-state index in [9.17, 15) is 0 Å². The molecule has 0 aromatic carbocycles. The molecule has 2 atom stereocenters. The predicted molar refractivity (Wildman–Crippen MR) is 73.2 cm³/mol. The molecule has 0 amide bonds. The van der Waals surface area contributed by atoms with Crippen LogP contribution in [0.4, 0.5) is 0 Å². The Bertz CT molecular complexity index is 192. The Morgan fingerprint density at radius 1 is 1.31 bits per heavy atom. The Hall–Kier alpha value is 0.270. The van der Waals surface area contributed by atoms with Gasteiger partial charge in [0.05, 0.1) is 0 Å². The number of hydrogen-bond acceptors (Lipinski definition) is 3. The first-order valence-electron chi connectivity index (χ1n) is 6.86. The SMILES string of the molecule is CNCCC1CCCCN1CC1CCSC1. The van der Waals surface area contributed by atoms with Crippen molar-refractivity contribution in [2.45, 2.75) is 38.1 Å². The molecule has 0 bridgehead atoms. The molecule has 0 aromatic rings. The van der Waals surface area contributed by atoms with Crippen LogP contribution in [0.15, 0.2) is 0 Å². The summed E-state index contributed by atoms with van der Waals surface area (Å²) >= 11 is 2.15. The van der Waals surface area contributed by atoms with E-state index in [2.05, 4.69) is 29.0 Å². The van der Waals surface area contributed by atoms with Crippen LogP contribution < -0.4 is 5.32 Å². The fourth-order valence-electron chi connectivity index (χ4n) is 3.00. The van der Waals surface area contributed by atoms with Crippen molar-refractivity contribution >= 4 is 11.8 Å². The maximum atomic E-state index is 3.30. The molecule has 94 valence electrons. The van der Waals surface area contributed by atoms with Crippen LogP contribution in [0.1, 0.15) is 32.1 Å². The second kappa shape index (κ2) is 6.87. The van der Waals surface area contributed by atoms with Crippen LogP contribution >= 0.6 is 11.8 Å². The predicted octanol–water partition coefficient (Wildman–Crippen LogP) is 2.20. The minimum Gasteiger partial charge on any atom is -0.320 e. The van der Waals surface area contributed by atoms with Crippen molar-refractivity contribution in [3.05, 3.63) is 0 Å². The van der Waals surface area contributed by atoms with Crippen molar-refractivity contribution in [2.24, 2.45) is 5.92 Å². The fraction of sp³-hybridized carbons (Fsp3) is 1.00. The molecule has 2 aliphatic heterocycles.